The third kappa shape index (κ3) is 4.46. The molecule has 0 aliphatic carbocycles. The monoisotopic (exact) mass is 397 g/mol. The van der Waals surface area contributed by atoms with Crippen molar-refractivity contribution < 1.29 is 4.79 Å². The Morgan fingerprint density at radius 3 is 2.13 bits per heavy atom. The van der Waals surface area contributed by atoms with Crippen LogP contribution in [-0.4, -0.2) is 22.2 Å². The number of carbonyl (C=O) groups is 1. The van der Waals surface area contributed by atoms with Crippen molar-refractivity contribution in [1.29, 1.82) is 0 Å². The molecule has 0 aliphatic heterocycles. The van der Waals surface area contributed by atoms with Gasteiger partial charge in [0.05, 0.1) is 11.7 Å². The highest BCUT2D eigenvalue weighted by molar-refractivity contribution is 5.81. The summed E-state index contributed by atoms with van der Waals surface area (Å²) in [6.07, 6.45) is 2.05. The lowest BCUT2D eigenvalue weighted by molar-refractivity contribution is -0.121. The molecule has 5 nitrogen and oxygen atoms in total. The van der Waals surface area contributed by atoms with E-state index in [2.05, 4.69) is 34.7 Å². The number of carbonyl (C=O) groups excluding carboxylic acids is 1. The molecule has 0 unspecified atom stereocenters. The first kappa shape index (κ1) is 19.6. The van der Waals surface area contributed by atoms with E-state index in [0.29, 0.717) is 17.4 Å². The van der Waals surface area contributed by atoms with Gasteiger partial charge in [-0.2, -0.15) is 5.10 Å². The molecule has 3 aromatic carbocycles. The summed E-state index contributed by atoms with van der Waals surface area (Å²) in [4.78, 5) is 24.5. The fraction of sp³-hybridized carbons (Fsp3) is 0.160. The Hall–Kier alpha value is -3.73. The van der Waals surface area contributed by atoms with Crippen molar-refractivity contribution in [3.05, 3.63) is 112 Å². The highest BCUT2D eigenvalue weighted by atomic mass is 16.2. The fourth-order valence-corrected chi connectivity index (χ4v) is 3.73. The Morgan fingerprint density at radius 2 is 1.47 bits per heavy atom. The van der Waals surface area contributed by atoms with E-state index in [1.807, 2.05) is 42.5 Å². The van der Waals surface area contributed by atoms with Crippen molar-refractivity contribution in [3.63, 3.8) is 0 Å². The summed E-state index contributed by atoms with van der Waals surface area (Å²) in [7, 11) is 0. The number of rotatable bonds is 7. The molecule has 0 saturated heterocycles. The number of nitrogens with zero attached hydrogens (tertiary/aromatic N) is 2. The van der Waals surface area contributed by atoms with Gasteiger partial charge in [0.2, 0.25) is 11.3 Å². The van der Waals surface area contributed by atoms with E-state index in [1.54, 1.807) is 22.9 Å². The largest absolute Gasteiger partial charge is 0.354 e. The van der Waals surface area contributed by atoms with Crippen LogP contribution in [0.15, 0.2) is 95.9 Å². The quantitative estimate of drug-likeness (QED) is 0.517. The molecule has 0 fully saturated rings. The zero-order chi connectivity index (χ0) is 20.8. The first-order chi connectivity index (χ1) is 14.7. The lowest BCUT2D eigenvalue weighted by Gasteiger charge is -2.18. The number of benzene rings is 3. The number of hydrogen-bond acceptors (Lipinski definition) is 3. The highest BCUT2D eigenvalue weighted by Crippen LogP contribution is 2.27. The molecular formula is C25H23N3O2. The molecule has 0 saturated carbocycles. The van der Waals surface area contributed by atoms with E-state index in [-0.39, 0.29) is 23.8 Å². The van der Waals surface area contributed by atoms with Gasteiger partial charge in [0.1, 0.15) is 6.54 Å². The predicted molar refractivity (Wildman–Crippen MR) is 118 cm³/mol. The SMILES string of the molecule is O=C(Cn1ncc(=O)c2ccccc21)NCCC(c1ccccc1)c1ccccc1. The van der Waals surface area contributed by atoms with Crippen molar-refractivity contribution in [2.24, 2.45) is 0 Å². The zero-order valence-corrected chi connectivity index (χ0v) is 16.6. The van der Waals surface area contributed by atoms with E-state index in [0.717, 1.165) is 6.42 Å². The lowest BCUT2D eigenvalue weighted by Crippen LogP contribution is -2.30. The van der Waals surface area contributed by atoms with Crippen molar-refractivity contribution in [2.75, 3.05) is 6.54 Å². The smallest absolute Gasteiger partial charge is 0.241 e. The predicted octanol–water partition coefficient (Wildman–Crippen LogP) is 3.73. The first-order valence-electron chi connectivity index (χ1n) is 10.0. The summed E-state index contributed by atoms with van der Waals surface area (Å²) >= 11 is 0. The molecule has 1 aromatic heterocycles. The second-order valence-corrected chi connectivity index (χ2v) is 7.20. The molecule has 0 atom stereocenters. The van der Waals surface area contributed by atoms with Crippen LogP contribution in [0.25, 0.3) is 10.9 Å². The van der Waals surface area contributed by atoms with Crippen LogP contribution < -0.4 is 10.7 Å². The van der Waals surface area contributed by atoms with Crippen LogP contribution in [0.4, 0.5) is 0 Å². The minimum absolute atomic E-state index is 0.0716. The van der Waals surface area contributed by atoms with Crippen molar-refractivity contribution >= 4 is 16.8 Å². The van der Waals surface area contributed by atoms with Crippen LogP contribution in [0.3, 0.4) is 0 Å². The molecule has 1 amide bonds. The highest BCUT2D eigenvalue weighted by Gasteiger charge is 2.14. The average Bonchev–Trinajstić information content (AvgIpc) is 2.80. The minimum atomic E-state index is -0.143. The summed E-state index contributed by atoms with van der Waals surface area (Å²) < 4.78 is 1.57. The maximum atomic E-state index is 12.5. The maximum Gasteiger partial charge on any atom is 0.241 e. The molecule has 5 heteroatoms. The summed E-state index contributed by atoms with van der Waals surface area (Å²) in [5.74, 6) is 0.0789. The van der Waals surface area contributed by atoms with Crippen LogP contribution in [0, 0.1) is 0 Å². The summed E-state index contributed by atoms with van der Waals surface area (Å²) in [6, 6.07) is 27.9. The molecule has 1 N–H and O–H groups in total. The van der Waals surface area contributed by atoms with Crippen molar-refractivity contribution in [3.8, 4) is 0 Å². The number of amides is 1. The van der Waals surface area contributed by atoms with Gasteiger partial charge in [-0.25, -0.2) is 0 Å². The van der Waals surface area contributed by atoms with Crippen molar-refractivity contribution in [1.82, 2.24) is 15.1 Å². The van der Waals surface area contributed by atoms with Gasteiger partial charge >= 0.3 is 0 Å². The summed E-state index contributed by atoms with van der Waals surface area (Å²) in [5, 5.41) is 7.69. The van der Waals surface area contributed by atoms with Gasteiger partial charge in [-0.05, 0) is 29.7 Å². The Balaban J connectivity index is 1.43. The minimum Gasteiger partial charge on any atom is -0.354 e. The molecule has 0 spiro atoms. The molecule has 150 valence electrons. The topological polar surface area (TPSA) is 64.0 Å². The molecule has 30 heavy (non-hydrogen) atoms. The Kier molecular flexibility index (Phi) is 5.99. The number of fused-ring (bicyclic) bond motifs is 1. The second kappa shape index (κ2) is 9.18. The number of hydrogen-bond donors (Lipinski definition) is 1. The summed E-state index contributed by atoms with van der Waals surface area (Å²) in [6.45, 7) is 0.619. The molecule has 4 rings (SSSR count). The fourth-order valence-electron chi connectivity index (χ4n) is 3.73. The Labute approximate surface area is 175 Å². The standard InChI is InChI=1S/C25H23N3O2/c29-24-17-27-28(23-14-8-7-13-22(23)24)18-25(30)26-16-15-21(19-9-3-1-4-10-19)20-11-5-2-6-12-20/h1-14,17,21H,15-16,18H2,(H,26,30). The maximum absolute atomic E-state index is 12.5. The molecule has 1 heterocycles. The van der Waals surface area contributed by atoms with Crippen LogP contribution in [0.2, 0.25) is 0 Å². The lowest BCUT2D eigenvalue weighted by atomic mass is 9.88. The number of para-hydroxylation sites is 1. The molecule has 0 radical (unpaired) electrons. The van der Waals surface area contributed by atoms with Gasteiger partial charge in [0, 0.05) is 17.8 Å². The third-order valence-corrected chi connectivity index (χ3v) is 5.21. The zero-order valence-electron chi connectivity index (χ0n) is 16.6. The van der Waals surface area contributed by atoms with Gasteiger partial charge in [0.15, 0.2) is 0 Å². The van der Waals surface area contributed by atoms with E-state index in [9.17, 15) is 9.59 Å². The van der Waals surface area contributed by atoms with Gasteiger partial charge in [-0.3, -0.25) is 14.3 Å². The second-order valence-electron chi connectivity index (χ2n) is 7.20. The molecule has 4 aromatic rings. The first-order valence-corrected chi connectivity index (χ1v) is 10.0. The van der Waals surface area contributed by atoms with E-state index in [1.165, 1.54) is 17.3 Å². The van der Waals surface area contributed by atoms with E-state index < -0.39 is 0 Å². The van der Waals surface area contributed by atoms with Crippen molar-refractivity contribution in [2.45, 2.75) is 18.9 Å². The van der Waals surface area contributed by atoms with Crippen LogP contribution in [0.5, 0.6) is 0 Å². The molecule has 0 bridgehead atoms. The van der Waals surface area contributed by atoms with Crippen LogP contribution >= 0.6 is 0 Å². The van der Waals surface area contributed by atoms with Crippen LogP contribution in [0.1, 0.15) is 23.5 Å². The number of aromatic nitrogens is 2. The third-order valence-electron chi connectivity index (χ3n) is 5.21. The van der Waals surface area contributed by atoms with Gasteiger partial charge in [0.25, 0.3) is 0 Å². The van der Waals surface area contributed by atoms with E-state index in [4.69, 9.17) is 0 Å². The van der Waals surface area contributed by atoms with Gasteiger partial charge in [-0.15, -0.1) is 0 Å². The normalized spacial score (nSPS) is 11.0. The van der Waals surface area contributed by atoms with Gasteiger partial charge < -0.3 is 5.32 Å². The van der Waals surface area contributed by atoms with Gasteiger partial charge in [-0.1, -0.05) is 72.8 Å². The summed E-state index contributed by atoms with van der Waals surface area (Å²) in [5.41, 5.74) is 2.97. The number of nitrogens with one attached hydrogen (secondary N) is 1. The Bertz CT molecular complexity index is 1150. The van der Waals surface area contributed by atoms with E-state index >= 15 is 0 Å². The molecule has 0 aliphatic rings. The average molecular weight is 397 g/mol. The van der Waals surface area contributed by atoms with Crippen LogP contribution in [-0.2, 0) is 11.3 Å². The molecular weight excluding hydrogens is 374 g/mol. The Morgan fingerprint density at radius 1 is 0.867 bits per heavy atom.